The molecule has 0 aliphatic heterocycles. The summed E-state index contributed by atoms with van der Waals surface area (Å²) in [7, 11) is 0. The molecule has 0 aromatic rings. The van der Waals surface area contributed by atoms with Crippen LogP contribution in [0.25, 0.3) is 0 Å². The third kappa shape index (κ3) is 0.808. The van der Waals surface area contributed by atoms with Crippen LogP contribution < -0.4 is 0 Å². The van der Waals surface area contributed by atoms with Crippen molar-refractivity contribution in [2.45, 2.75) is 32.4 Å². The van der Waals surface area contributed by atoms with Crippen LogP contribution in [0.3, 0.4) is 0 Å². The van der Waals surface area contributed by atoms with Crippen LogP contribution in [0.4, 0.5) is 4.39 Å². The summed E-state index contributed by atoms with van der Waals surface area (Å²) in [4.78, 5) is 0. The predicted octanol–water partition coefficient (Wildman–Crippen LogP) is 2.04. The van der Waals surface area contributed by atoms with Gasteiger partial charge in [-0.15, -0.1) is 0 Å². The molecule has 1 saturated carbocycles. The van der Waals surface area contributed by atoms with Crippen LogP contribution in [0, 0.1) is 16.7 Å². The number of nitrogens with zero attached hydrogens (tertiary/aromatic N) is 1. The first kappa shape index (κ1) is 6.54. The van der Waals surface area contributed by atoms with Gasteiger partial charge in [0.05, 0.1) is 11.5 Å². The smallest absolute Gasteiger partial charge is 0.124 e. The second-order valence-electron chi connectivity index (χ2n) is 3.17. The number of alkyl halides is 1. The summed E-state index contributed by atoms with van der Waals surface area (Å²) >= 11 is 0. The van der Waals surface area contributed by atoms with Gasteiger partial charge in [0.2, 0.25) is 0 Å². The minimum absolute atomic E-state index is 0.632. The maximum Gasteiger partial charge on any atom is 0.124 e. The van der Waals surface area contributed by atoms with Crippen molar-refractivity contribution in [3.05, 3.63) is 0 Å². The number of nitriles is 1. The van der Waals surface area contributed by atoms with Crippen LogP contribution in [0.2, 0.25) is 0 Å². The van der Waals surface area contributed by atoms with Crippen LogP contribution in [-0.2, 0) is 0 Å². The minimum atomic E-state index is -1.30. The molecule has 0 amide bonds. The highest BCUT2D eigenvalue weighted by atomic mass is 19.1. The monoisotopic (exact) mass is 127 g/mol. The quantitative estimate of drug-likeness (QED) is 0.528. The van der Waals surface area contributed by atoms with Crippen molar-refractivity contribution < 1.29 is 4.39 Å². The Bertz CT molecular complexity index is 157. The molecule has 9 heavy (non-hydrogen) atoms. The number of hydrogen-bond donors (Lipinski definition) is 0. The molecule has 2 heteroatoms. The summed E-state index contributed by atoms with van der Waals surface area (Å²) < 4.78 is 13.0. The summed E-state index contributed by atoms with van der Waals surface area (Å²) in [6, 6.07) is 2.02. The lowest BCUT2D eigenvalue weighted by molar-refractivity contribution is 0.143. The van der Waals surface area contributed by atoms with Gasteiger partial charge >= 0.3 is 0 Å². The molecule has 1 aliphatic carbocycles. The van der Waals surface area contributed by atoms with Crippen LogP contribution in [-0.4, -0.2) is 5.67 Å². The van der Waals surface area contributed by atoms with E-state index in [0.29, 0.717) is 0 Å². The summed E-state index contributed by atoms with van der Waals surface area (Å²) in [5.41, 5.74) is -1.94. The van der Waals surface area contributed by atoms with Crippen molar-refractivity contribution in [1.82, 2.24) is 0 Å². The Labute approximate surface area is 54.5 Å². The fourth-order valence-electron chi connectivity index (χ4n) is 0.964. The molecular formula is C7H10FN. The normalized spacial score (nSPS) is 22.9. The first-order valence-electron chi connectivity index (χ1n) is 3.12. The predicted molar refractivity (Wildman–Crippen MR) is 32.5 cm³/mol. The van der Waals surface area contributed by atoms with Crippen molar-refractivity contribution in [3.63, 3.8) is 0 Å². The van der Waals surface area contributed by atoms with Crippen molar-refractivity contribution in [3.8, 4) is 6.07 Å². The largest absolute Gasteiger partial charge is 0.243 e. The van der Waals surface area contributed by atoms with E-state index in [2.05, 4.69) is 0 Å². The van der Waals surface area contributed by atoms with E-state index in [1.54, 1.807) is 0 Å². The zero-order valence-corrected chi connectivity index (χ0v) is 5.74. The van der Waals surface area contributed by atoms with Crippen LogP contribution in [0.15, 0.2) is 0 Å². The van der Waals surface area contributed by atoms with E-state index in [9.17, 15) is 4.39 Å². The van der Waals surface area contributed by atoms with Crippen molar-refractivity contribution in [2.75, 3.05) is 0 Å². The van der Waals surface area contributed by atoms with Gasteiger partial charge in [0, 0.05) is 0 Å². The van der Waals surface area contributed by atoms with Gasteiger partial charge in [0.25, 0.3) is 0 Å². The first-order valence-corrected chi connectivity index (χ1v) is 3.12. The Balaban J connectivity index is 2.75. The van der Waals surface area contributed by atoms with Crippen molar-refractivity contribution in [2.24, 2.45) is 5.41 Å². The van der Waals surface area contributed by atoms with Gasteiger partial charge in [0.1, 0.15) is 5.67 Å². The fourth-order valence-corrected chi connectivity index (χ4v) is 0.964. The minimum Gasteiger partial charge on any atom is -0.243 e. The SMILES string of the molecule is CC(C)(F)C1(C#N)CC1. The Morgan fingerprint density at radius 3 is 2.00 bits per heavy atom. The molecule has 1 fully saturated rings. The lowest BCUT2D eigenvalue weighted by Gasteiger charge is -2.18. The van der Waals surface area contributed by atoms with E-state index < -0.39 is 11.1 Å². The van der Waals surface area contributed by atoms with Gasteiger partial charge in [-0.3, -0.25) is 0 Å². The maximum atomic E-state index is 13.0. The molecule has 0 bridgehead atoms. The topological polar surface area (TPSA) is 23.8 Å². The van der Waals surface area contributed by atoms with Gasteiger partial charge in [-0.05, 0) is 26.7 Å². The van der Waals surface area contributed by atoms with Gasteiger partial charge in [-0.2, -0.15) is 5.26 Å². The average Bonchev–Trinajstić information content (AvgIpc) is 2.40. The molecule has 0 atom stereocenters. The summed E-state index contributed by atoms with van der Waals surface area (Å²) in [6.45, 7) is 2.95. The lowest BCUT2D eigenvalue weighted by Crippen LogP contribution is -2.25. The highest BCUT2D eigenvalue weighted by Crippen LogP contribution is 2.54. The number of hydrogen-bond acceptors (Lipinski definition) is 1. The number of halogens is 1. The molecule has 1 aliphatic rings. The van der Waals surface area contributed by atoms with E-state index in [4.69, 9.17) is 5.26 Å². The Morgan fingerprint density at radius 1 is 1.56 bits per heavy atom. The fraction of sp³-hybridized carbons (Fsp3) is 0.857. The van der Waals surface area contributed by atoms with Crippen LogP contribution >= 0.6 is 0 Å². The average molecular weight is 127 g/mol. The molecule has 0 aromatic carbocycles. The molecule has 0 spiro atoms. The highest BCUT2D eigenvalue weighted by molar-refractivity contribution is 5.17. The van der Waals surface area contributed by atoms with Gasteiger partial charge in [0.15, 0.2) is 0 Å². The van der Waals surface area contributed by atoms with Gasteiger partial charge in [-0.1, -0.05) is 0 Å². The Morgan fingerprint density at radius 2 is 2.00 bits per heavy atom. The summed E-state index contributed by atoms with van der Waals surface area (Å²) in [6.07, 6.45) is 1.46. The molecule has 1 nitrogen and oxygen atoms in total. The lowest BCUT2D eigenvalue weighted by atomic mass is 9.91. The Hall–Kier alpha value is -0.580. The molecule has 0 saturated heterocycles. The van der Waals surface area contributed by atoms with E-state index in [1.807, 2.05) is 6.07 Å². The molecular weight excluding hydrogens is 117 g/mol. The van der Waals surface area contributed by atoms with Crippen LogP contribution in [0.5, 0.6) is 0 Å². The van der Waals surface area contributed by atoms with Gasteiger partial charge in [-0.25, -0.2) is 4.39 Å². The van der Waals surface area contributed by atoms with E-state index >= 15 is 0 Å². The van der Waals surface area contributed by atoms with Crippen LogP contribution in [0.1, 0.15) is 26.7 Å². The molecule has 0 radical (unpaired) electrons. The van der Waals surface area contributed by atoms with E-state index in [-0.39, 0.29) is 0 Å². The van der Waals surface area contributed by atoms with Crippen molar-refractivity contribution >= 4 is 0 Å². The molecule has 0 aromatic heterocycles. The Kier molecular flexibility index (Phi) is 1.07. The molecule has 0 unspecified atom stereocenters. The summed E-state index contributed by atoms with van der Waals surface area (Å²) in [5.74, 6) is 0. The second-order valence-corrected chi connectivity index (χ2v) is 3.17. The number of rotatable bonds is 1. The highest BCUT2D eigenvalue weighted by Gasteiger charge is 2.56. The molecule has 1 rings (SSSR count). The molecule has 0 heterocycles. The van der Waals surface area contributed by atoms with E-state index in [1.165, 1.54) is 13.8 Å². The molecule has 0 N–H and O–H groups in total. The third-order valence-corrected chi connectivity index (χ3v) is 2.10. The summed E-state index contributed by atoms with van der Waals surface area (Å²) in [5, 5.41) is 8.50. The third-order valence-electron chi connectivity index (χ3n) is 2.10. The second kappa shape index (κ2) is 1.47. The first-order chi connectivity index (χ1) is 4.02. The molecule has 50 valence electrons. The standard InChI is InChI=1S/C7H10FN/c1-6(2,8)7(5-9)3-4-7/h3-4H2,1-2H3. The maximum absolute atomic E-state index is 13.0. The zero-order chi connectivity index (χ0) is 7.12. The van der Waals surface area contributed by atoms with E-state index in [0.717, 1.165) is 12.8 Å². The van der Waals surface area contributed by atoms with Gasteiger partial charge < -0.3 is 0 Å². The van der Waals surface area contributed by atoms with Crippen molar-refractivity contribution in [1.29, 1.82) is 5.26 Å². The zero-order valence-electron chi connectivity index (χ0n) is 5.74.